The lowest BCUT2D eigenvalue weighted by Gasteiger charge is -2.01. The highest BCUT2D eigenvalue weighted by Gasteiger charge is 2.17. The van der Waals surface area contributed by atoms with E-state index in [0.29, 0.717) is 5.69 Å². The molecule has 1 aromatic carbocycles. The number of aromatic nitrogens is 3. The monoisotopic (exact) mass is 256 g/mol. The summed E-state index contributed by atoms with van der Waals surface area (Å²) in [7, 11) is 3.71. The average molecular weight is 256 g/mol. The first kappa shape index (κ1) is 11.6. The Morgan fingerprint density at radius 2 is 2.16 bits per heavy atom. The maximum atomic E-state index is 5.97. The summed E-state index contributed by atoms with van der Waals surface area (Å²) in [4.78, 5) is 0. The number of aryl methyl sites for hydroxylation is 1. The zero-order valence-electron chi connectivity index (χ0n) is 11.2. The molecule has 3 aromatic rings. The summed E-state index contributed by atoms with van der Waals surface area (Å²) >= 11 is 0. The number of nitrogen functional groups attached to an aromatic ring is 1. The van der Waals surface area contributed by atoms with Gasteiger partial charge >= 0.3 is 0 Å². The van der Waals surface area contributed by atoms with Crippen LogP contribution in [0.4, 0.5) is 5.69 Å². The molecule has 0 saturated carbocycles. The Morgan fingerprint density at radius 1 is 1.37 bits per heavy atom. The minimum Gasteiger partial charge on any atom is -0.497 e. The quantitative estimate of drug-likeness (QED) is 0.740. The van der Waals surface area contributed by atoms with Crippen LogP contribution in [0, 0.1) is 6.92 Å². The molecular weight excluding hydrogens is 240 g/mol. The van der Waals surface area contributed by atoms with Crippen molar-refractivity contribution in [3.05, 3.63) is 30.1 Å². The number of benzene rings is 1. The number of nitrogens with one attached hydrogen (secondary N) is 1. The predicted molar refractivity (Wildman–Crippen MR) is 76.2 cm³/mol. The van der Waals surface area contributed by atoms with Crippen LogP contribution in [0.2, 0.25) is 0 Å². The van der Waals surface area contributed by atoms with E-state index in [1.165, 1.54) is 0 Å². The Hall–Kier alpha value is -2.43. The summed E-state index contributed by atoms with van der Waals surface area (Å²) < 4.78 is 7.42. The topological polar surface area (TPSA) is 68.9 Å². The molecule has 0 aliphatic rings. The van der Waals surface area contributed by atoms with Gasteiger partial charge in [-0.2, -0.15) is 5.10 Å². The Kier molecular flexibility index (Phi) is 2.48. The third-order valence-electron chi connectivity index (χ3n) is 3.62. The van der Waals surface area contributed by atoms with Crippen molar-refractivity contribution in [2.24, 2.45) is 7.05 Å². The van der Waals surface area contributed by atoms with E-state index >= 15 is 0 Å². The molecule has 0 spiro atoms. The van der Waals surface area contributed by atoms with Crippen LogP contribution in [0.5, 0.6) is 5.75 Å². The SMILES string of the molecule is COc1ccc2c(-c3[nH]ncc3N)c(C)n(C)c2c1. The summed E-state index contributed by atoms with van der Waals surface area (Å²) in [5, 5.41) is 8.12. The van der Waals surface area contributed by atoms with Crippen LogP contribution >= 0.6 is 0 Å². The third kappa shape index (κ3) is 1.58. The van der Waals surface area contributed by atoms with E-state index in [-0.39, 0.29) is 0 Å². The Bertz CT molecular complexity index is 754. The first-order valence-electron chi connectivity index (χ1n) is 6.05. The van der Waals surface area contributed by atoms with Crippen LogP contribution in [-0.4, -0.2) is 21.9 Å². The molecule has 98 valence electrons. The van der Waals surface area contributed by atoms with Gasteiger partial charge in [0.1, 0.15) is 5.75 Å². The number of aromatic amines is 1. The largest absolute Gasteiger partial charge is 0.497 e. The molecule has 0 amide bonds. The smallest absolute Gasteiger partial charge is 0.120 e. The van der Waals surface area contributed by atoms with Crippen LogP contribution in [0.3, 0.4) is 0 Å². The molecule has 0 atom stereocenters. The lowest BCUT2D eigenvalue weighted by Crippen LogP contribution is -1.92. The van der Waals surface area contributed by atoms with E-state index < -0.39 is 0 Å². The molecule has 0 aliphatic carbocycles. The second kappa shape index (κ2) is 4.05. The number of anilines is 1. The van der Waals surface area contributed by atoms with Crippen molar-refractivity contribution in [2.45, 2.75) is 6.92 Å². The maximum absolute atomic E-state index is 5.97. The summed E-state index contributed by atoms with van der Waals surface area (Å²) in [6.45, 7) is 2.07. The van der Waals surface area contributed by atoms with E-state index in [1.807, 2.05) is 19.2 Å². The Balaban J connectivity index is 2.37. The molecule has 19 heavy (non-hydrogen) atoms. The van der Waals surface area contributed by atoms with Crippen LogP contribution in [-0.2, 0) is 7.05 Å². The second-order valence-corrected chi connectivity index (χ2v) is 4.60. The molecule has 0 unspecified atom stereocenters. The number of hydrogen-bond acceptors (Lipinski definition) is 3. The molecule has 2 aromatic heterocycles. The average Bonchev–Trinajstić information content (AvgIpc) is 2.93. The highest BCUT2D eigenvalue weighted by molar-refractivity contribution is 6.00. The van der Waals surface area contributed by atoms with Crippen LogP contribution in [0.1, 0.15) is 5.69 Å². The zero-order valence-corrected chi connectivity index (χ0v) is 11.2. The first-order chi connectivity index (χ1) is 9.13. The van der Waals surface area contributed by atoms with Crippen molar-refractivity contribution >= 4 is 16.6 Å². The predicted octanol–water partition coefficient (Wildman–Crippen LogP) is 2.47. The number of rotatable bonds is 2. The van der Waals surface area contributed by atoms with Crippen molar-refractivity contribution in [3.63, 3.8) is 0 Å². The highest BCUT2D eigenvalue weighted by atomic mass is 16.5. The lowest BCUT2D eigenvalue weighted by molar-refractivity contribution is 0.415. The molecule has 0 radical (unpaired) electrons. The van der Waals surface area contributed by atoms with Gasteiger partial charge < -0.3 is 15.0 Å². The molecule has 3 N–H and O–H groups in total. The fourth-order valence-corrected chi connectivity index (χ4v) is 2.48. The van der Waals surface area contributed by atoms with Crippen molar-refractivity contribution < 1.29 is 4.74 Å². The molecule has 0 fully saturated rings. The normalized spacial score (nSPS) is 11.1. The molecule has 0 aliphatic heterocycles. The minimum atomic E-state index is 0.659. The highest BCUT2D eigenvalue weighted by Crippen LogP contribution is 2.36. The van der Waals surface area contributed by atoms with E-state index in [0.717, 1.165) is 33.6 Å². The second-order valence-electron chi connectivity index (χ2n) is 4.60. The fraction of sp³-hybridized carbons (Fsp3) is 0.214. The number of H-pyrrole nitrogens is 1. The number of methoxy groups -OCH3 is 1. The Morgan fingerprint density at radius 3 is 2.79 bits per heavy atom. The molecule has 0 saturated heterocycles. The van der Waals surface area contributed by atoms with Crippen LogP contribution in [0.15, 0.2) is 24.4 Å². The number of fused-ring (bicyclic) bond motifs is 1. The van der Waals surface area contributed by atoms with E-state index in [9.17, 15) is 0 Å². The third-order valence-corrected chi connectivity index (χ3v) is 3.62. The van der Waals surface area contributed by atoms with Crippen LogP contribution < -0.4 is 10.5 Å². The number of nitrogens with two attached hydrogens (primary N) is 1. The zero-order chi connectivity index (χ0) is 13.6. The number of ether oxygens (including phenoxy) is 1. The van der Waals surface area contributed by atoms with E-state index in [2.05, 4.69) is 27.8 Å². The number of nitrogens with zero attached hydrogens (tertiary/aromatic N) is 2. The van der Waals surface area contributed by atoms with Gasteiger partial charge in [-0.25, -0.2) is 0 Å². The fourth-order valence-electron chi connectivity index (χ4n) is 2.48. The van der Waals surface area contributed by atoms with Gasteiger partial charge in [-0.15, -0.1) is 0 Å². The minimum absolute atomic E-state index is 0.659. The van der Waals surface area contributed by atoms with Crippen molar-refractivity contribution in [1.82, 2.24) is 14.8 Å². The lowest BCUT2D eigenvalue weighted by atomic mass is 10.1. The maximum Gasteiger partial charge on any atom is 0.120 e. The van der Waals surface area contributed by atoms with Crippen LogP contribution in [0.25, 0.3) is 22.2 Å². The summed E-state index contributed by atoms with van der Waals surface area (Å²) in [6.07, 6.45) is 1.64. The van der Waals surface area contributed by atoms with Crippen molar-refractivity contribution in [2.75, 3.05) is 12.8 Å². The molecule has 5 heteroatoms. The van der Waals surface area contributed by atoms with Gasteiger partial charge in [0.25, 0.3) is 0 Å². The van der Waals surface area contributed by atoms with Gasteiger partial charge in [-0.3, -0.25) is 5.10 Å². The van der Waals surface area contributed by atoms with E-state index in [1.54, 1.807) is 13.3 Å². The first-order valence-corrected chi connectivity index (χ1v) is 6.05. The van der Waals surface area contributed by atoms with Gasteiger partial charge in [-0.1, -0.05) is 0 Å². The van der Waals surface area contributed by atoms with Gasteiger partial charge in [0, 0.05) is 29.8 Å². The standard InChI is InChI=1S/C14H16N4O/c1-8-13(14-11(15)7-16-17-14)10-5-4-9(19-3)6-12(10)18(8)2/h4-7H,15H2,1-3H3,(H,16,17). The molecular formula is C14H16N4O. The molecule has 0 bridgehead atoms. The van der Waals surface area contributed by atoms with Gasteiger partial charge in [0.05, 0.1) is 30.2 Å². The van der Waals surface area contributed by atoms with E-state index in [4.69, 9.17) is 10.5 Å². The van der Waals surface area contributed by atoms with Gasteiger partial charge in [0.15, 0.2) is 0 Å². The van der Waals surface area contributed by atoms with Gasteiger partial charge in [0.2, 0.25) is 0 Å². The number of hydrogen-bond donors (Lipinski definition) is 2. The van der Waals surface area contributed by atoms with Crippen molar-refractivity contribution in [1.29, 1.82) is 0 Å². The van der Waals surface area contributed by atoms with Gasteiger partial charge in [-0.05, 0) is 19.1 Å². The van der Waals surface area contributed by atoms with Crippen molar-refractivity contribution in [3.8, 4) is 17.0 Å². The summed E-state index contributed by atoms with van der Waals surface area (Å²) in [5.41, 5.74) is 10.8. The summed E-state index contributed by atoms with van der Waals surface area (Å²) in [6, 6.07) is 6.03. The summed E-state index contributed by atoms with van der Waals surface area (Å²) in [5.74, 6) is 0.845. The molecule has 2 heterocycles. The molecule has 5 nitrogen and oxygen atoms in total. The Labute approximate surface area is 111 Å². The molecule has 3 rings (SSSR count).